The lowest BCUT2D eigenvalue weighted by molar-refractivity contribution is 0.0915. The Labute approximate surface area is 125 Å². The first-order valence-corrected chi connectivity index (χ1v) is 8.54. The fourth-order valence-electron chi connectivity index (χ4n) is 2.56. The van der Waals surface area contributed by atoms with Gasteiger partial charge in [0.2, 0.25) is 0 Å². The molecule has 116 valence electrons. The summed E-state index contributed by atoms with van der Waals surface area (Å²) in [7, 11) is 0.688. The first kappa shape index (κ1) is 15.6. The Morgan fingerprint density at radius 1 is 1.38 bits per heavy atom. The van der Waals surface area contributed by atoms with Crippen molar-refractivity contribution in [3.8, 4) is 0 Å². The second kappa shape index (κ2) is 5.22. The fourth-order valence-corrected chi connectivity index (χ4v) is 4.65. The summed E-state index contributed by atoms with van der Waals surface area (Å²) < 4.78 is 23.1. The number of hydrogen-bond acceptors (Lipinski definition) is 5. The van der Waals surface area contributed by atoms with Crippen LogP contribution in [-0.2, 0) is 9.84 Å². The van der Waals surface area contributed by atoms with Crippen LogP contribution in [0.1, 0.15) is 23.7 Å². The molecule has 6 nitrogen and oxygen atoms in total. The maximum atomic E-state index is 12.3. The van der Waals surface area contributed by atoms with E-state index in [-0.39, 0.29) is 17.4 Å². The van der Waals surface area contributed by atoms with Crippen LogP contribution < -0.4 is 16.0 Å². The van der Waals surface area contributed by atoms with E-state index in [1.807, 2.05) is 19.0 Å². The topological polar surface area (TPSA) is 92.5 Å². The highest BCUT2D eigenvalue weighted by atomic mass is 32.2. The third-order valence-electron chi connectivity index (χ3n) is 3.69. The molecule has 0 aromatic heterocycles. The van der Waals surface area contributed by atoms with Gasteiger partial charge in [0.05, 0.1) is 28.4 Å². The minimum Gasteiger partial charge on any atom is -0.397 e. The number of anilines is 2. The summed E-state index contributed by atoms with van der Waals surface area (Å²) in [5.41, 5.74) is 7.00. The first-order chi connectivity index (χ1) is 9.62. The van der Waals surface area contributed by atoms with Gasteiger partial charge in [-0.25, -0.2) is 8.42 Å². The molecule has 21 heavy (non-hydrogen) atoms. The van der Waals surface area contributed by atoms with Gasteiger partial charge >= 0.3 is 0 Å². The van der Waals surface area contributed by atoms with Gasteiger partial charge in [0, 0.05) is 19.7 Å². The molecule has 1 unspecified atom stereocenters. The summed E-state index contributed by atoms with van der Waals surface area (Å²) >= 11 is 0. The Hall–Kier alpha value is -1.76. The summed E-state index contributed by atoms with van der Waals surface area (Å²) in [5.74, 6) is -0.200. The Morgan fingerprint density at radius 3 is 2.52 bits per heavy atom. The lowest BCUT2D eigenvalue weighted by Gasteiger charge is -2.24. The second-order valence-electron chi connectivity index (χ2n) is 6.02. The molecule has 1 atom stereocenters. The maximum absolute atomic E-state index is 12.3. The highest BCUT2D eigenvalue weighted by molar-refractivity contribution is 7.91. The monoisotopic (exact) mass is 311 g/mol. The average molecular weight is 311 g/mol. The van der Waals surface area contributed by atoms with Crippen molar-refractivity contribution in [1.82, 2.24) is 5.32 Å². The molecule has 3 N–H and O–H groups in total. The molecule has 0 bridgehead atoms. The van der Waals surface area contributed by atoms with Gasteiger partial charge in [-0.1, -0.05) is 0 Å². The molecule has 2 rings (SSSR count). The molecule has 1 fully saturated rings. The zero-order valence-electron chi connectivity index (χ0n) is 12.5. The normalized spacial score (nSPS) is 23.8. The molecular formula is C14H21N3O3S. The number of nitrogens with zero attached hydrogens (tertiary/aromatic N) is 1. The van der Waals surface area contributed by atoms with E-state index in [0.717, 1.165) is 5.69 Å². The van der Waals surface area contributed by atoms with Crippen LogP contribution in [-0.4, -0.2) is 45.5 Å². The molecule has 1 aromatic rings. The quantitative estimate of drug-likeness (QED) is 0.799. The lowest BCUT2D eigenvalue weighted by atomic mass is 10.0. The Balaban J connectivity index is 2.16. The maximum Gasteiger partial charge on any atom is 0.251 e. The minimum atomic E-state index is -3.05. The van der Waals surface area contributed by atoms with Crippen LogP contribution in [0.15, 0.2) is 18.2 Å². The smallest absolute Gasteiger partial charge is 0.251 e. The number of rotatable bonds is 3. The van der Waals surface area contributed by atoms with Gasteiger partial charge in [-0.15, -0.1) is 0 Å². The number of amides is 1. The van der Waals surface area contributed by atoms with Crippen molar-refractivity contribution in [2.24, 2.45) is 0 Å². The van der Waals surface area contributed by atoms with E-state index >= 15 is 0 Å². The number of nitrogen functional groups attached to an aromatic ring is 1. The van der Waals surface area contributed by atoms with Crippen LogP contribution in [0.2, 0.25) is 0 Å². The standard InChI is InChI=1S/C14H21N3O3S/c1-14(6-7-21(19,20)9-14)16-13(18)10-4-5-12(17(2)3)11(15)8-10/h4-5,8H,6-7,9,15H2,1-3H3,(H,16,18). The van der Waals surface area contributed by atoms with E-state index in [2.05, 4.69) is 5.32 Å². The van der Waals surface area contributed by atoms with Gasteiger partial charge in [0.1, 0.15) is 0 Å². The van der Waals surface area contributed by atoms with E-state index in [1.165, 1.54) is 0 Å². The molecule has 1 saturated heterocycles. The number of carbonyl (C=O) groups excluding carboxylic acids is 1. The minimum absolute atomic E-state index is 0.0169. The van der Waals surface area contributed by atoms with Gasteiger partial charge in [-0.2, -0.15) is 0 Å². The number of hydrogen-bond donors (Lipinski definition) is 2. The van der Waals surface area contributed by atoms with E-state index < -0.39 is 15.4 Å². The van der Waals surface area contributed by atoms with Crippen molar-refractivity contribution in [1.29, 1.82) is 0 Å². The van der Waals surface area contributed by atoms with Crippen LogP contribution in [0.3, 0.4) is 0 Å². The van der Waals surface area contributed by atoms with E-state index in [4.69, 9.17) is 5.73 Å². The Morgan fingerprint density at radius 2 is 2.05 bits per heavy atom. The predicted octanol–water partition coefficient (Wildman–Crippen LogP) is 0.642. The zero-order chi connectivity index (χ0) is 15.8. The lowest BCUT2D eigenvalue weighted by Crippen LogP contribution is -2.46. The van der Waals surface area contributed by atoms with Crippen LogP contribution in [0.25, 0.3) is 0 Å². The van der Waals surface area contributed by atoms with Gasteiger partial charge in [0.25, 0.3) is 5.91 Å². The van der Waals surface area contributed by atoms with Crippen molar-refractivity contribution in [3.63, 3.8) is 0 Å². The number of nitrogens with two attached hydrogens (primary N) is 1. The summed E-state index contributed by atoms with van der Waals surface area (Å²) in [5, 5.41) is 2.82. The molecule has 1 aromatic carbocycles. The fraction of sp³-hybridized carbons (Fsp3) is 0.500. The second-order valence-corrected chi connectivity index (χ2v) is 8.21. The van der Waals surface area contributed by atoms with Gasteiger partial charge < -0.3 is 16.0 Å². The van der Waals surface area contributed by atoms with Crippen molar-refractivity contribution in [2.45, 2.75) is 18.9 Å². The van der Waals surface area contributed by atoms with Crippen LogP contribution in [0.4, 0.5) is 11.4 Å². The molecule has 1 heterocycles. The third kappa shape index (κ3) is 3.47. The molecular weight excluding hydrogens is 290 g/mol. The molecule has 1 aliphatic heterocycles. The van der Waals surface area contributed by atoms with Crippen molar-refractivity contribution < 1.29 is 13.2 Å². The highest BCUT2D eigenvalue weighted by Crippen LogP contribution is 2.25. The van der Waals surface area contributed by atoms with E-state index in [1.54, 1.807) is 25.1 Å². The van der Waals surface area contributed by atoms with E-state index in [0.29, 0.717) is 17.7 Å². The van der Waals surface area contributed by atoms with Crippen molar-refractivity contribution in [2.75, 3.05) is 36.2 Å². The average Bonchev–Trinajstić information content (AvgIpc) is 2.62. The Bertz CT molecular complexity index is 670. The molecule has 1 amide bonds. The largest absolute Gasteiger partial charge is 0.397 e. The number of carbonyl (C=O) groups is 1. The van der Waals surface area contributed by atoms with Crippen molar-refractivity contribution in [3.05, 3.63) is 23.8 Å². The van der Waals surface area contributed by atoms with Crippen LogP contribution in [0.5, 0.6) is 0 Å². The highest BCUT2D eigenvalue weighted by Gasteiger charge is 2.39. The van der Waals surface area contributed by atoms with Gasteiger partial charge in [-0.3, -0.25) is 4.79 Å². The zero-order valence-corrected chi connectivity index (χ0v) is 13.3. The molecule has 0 aliphatic carbocycles. The first-order valence-electron chi connectivity index (χ1n) is 6.72. The van der Waals surface area contributed by atoms with Crippen LogP contribution in [0, 0.1) is 0 Å². The van der Waals surface area contributed by atoms with Gasteiger partial charge in [0.15, 0.2) is 9.84 Å². The molecule has 7 heteroatoms. The predicted molar refractivity (Wildman–Crippen MR) is 84.3 cm³/mol. The summed E-state index contributed by atoms with van der Waals surface area (Å²) in [4.78, 5) is 14.1. The molecule has 0 spiro atoms. The van der Waals surface area contributed by atoms with Crippen LogP contribution >= 0.6 is 0 Å². The summed E-state index contributed by atoms with van der Waals surface area (Å²) in [6.45, 7) is 1.76. The summed E-state index contributed by atoms with van der Waals surface area (Å²) in [6.07, 6.45) is 0.437. The van der Waals surface area contributed by atoms with E-state index in [9.17, 15) is 13.2 Å². The van der Waals surface area contributed by atoms with Gasteiger partial charge in [-0.05, 0) is 31.5 Å². The molecule has 0 saturated carbocycles. The third-order valence-corrected chi connectivity index (χ3v) is 5.59. The number of sulfone groups is 1. The molecule has 1 aliphatic rings. The SMILES string of the molecule is CN(C)c1ccc(C(=O)NC2(C)CCS(=O)(=O)C2)cc1N. The Kier molecular flexibility index (Phi) is 3.88. The number of benzene rings is 1. The number of nitrogens with one attached hydrogen (secondary N) is 1. The summed E-state index contributed by atoms with van der Waals surface area (Å²) in [6, 6.07) is 5.07. The van der Waals surface area contributed by atoms with Crippen molar-refractivity contribution >= 4 is 27.1 Å². The molecule has 0 radical (unpaired) electrons.